The number of hydrogen-bond donors (Lipinski definition) is 0. The third kappa shape index (κ3) is 3.04. The largest absolute Gasteiger partial charge is 0.423 e. The molecule has 0 spiro atoms. The third-order valence-electron chi connectivity index (χ3n) is 2.10. The first-order valence-corrected chi connectivity index (χ1v) is 5.39. The summed E-state index contributed by atoms with van der Waals surface area (Å²) < 4.78 is 10.5. The number of carbonyl (C=O) groups is 1. The molecule has 1 aromatic heterocycles. The van der Waals surface area contributed by atoms with E-state index in [1.165, 1.54) is 6.92 Å². The summed E-state index contributed by atoms with van der Waals surface area (Å²) >= 11 is 0. The van der Waals surface area contributed by atoms with Crippen LogP contribution in [0, 0.1) is 6.92 Å². The Bertz CT molecular complexity index is 555. The molecule has 0 aliphatic carbocycles. The van der Waals surface area contributed by atoms with Crippen molar-refractivity contribution in [2.75, 3.05) is 0 Å². The smallest absolute Gasteiger partial charge is 0.321 e. The molecule has 5 heteroatoms. The van der Waals surface area contributed by atoms with Crippen molar-refractivity contribution in [2.24, 2.45) is 0 Å². The van der Waals surface area contributed by atoms with Gasteiger partial charge in [0.15, 0.2) is 11.5 Å². The first kappa shape index (κ1) is 12.0. The van der Waals surface area contributed by atoms with E-state index in [1.54, 1.807) is 30.6 Å². The molecule has 0 saturated heterocycles. The fourth-order valence-corrected chi connectivity index (χ4v) is 1.37. The van der Waals surface area contributed by atoms with Crippen LogP contribution in [0.15, 0.2) is 36.7 Å². The quantitative estimate of drug-likeness (QED) is 0.613. The van der Waals surface area contributed by atoms with Crippen LogP contribution in [-0.2, 0) is 4.79 Å². The molecular formula is C13H12N2O3. The van der Waals surface area contributed by atoms with Crippen LogP contribution in [0.3, 0.4) is 0 Å². The van der Waals surface area contributed by atoms with Crippen molar-refractivity contribution in [2.45, 2.75) is 13.8 Å². The number of aryl methyl sites for hydroxylation is 1. The molecule has 18 heavy (non-hydrogen) atoms. The predicted molar refractivity (Wildman–Crippen MR) is 64.6 cm³/mol. The van der Waals surface area contributed by atoms with Gasteiger partial charge in [-0.2, -0.15) is 0 Å². The van der Waals surface area contributed by atoms with Gasteiger partial charge in [0.1, 0.15) is 0 Å². The van der Waals surface area contributed by atoms with Crippen molar-refractivity contribution in [1.29, 1.82) is 0 Å². The van der Waals surface area contributed by atoms with E-state index in [0.717, 1.165) is 5.56 Å². The van der Waals surface area contributed by atoms with E-state index in [1.807, 2.05) is 13.0 Å². The Balaban J connectivity index is 2.29. The first-order chi connectivity index (χ1) is 8.65. The minimum absolute atomic E-state index is 0.203. The molecule has 0 aliphatic heterocycles. The van der Waals surface area contributed by atoms with E-state index in [9.17, 15) is 4.79 Å². The van der Waals surface area contributed by atoms with Crippen molar-refractivity contribution >= 4 is 5.97 Å². The lowest BCUT2D eigenvalue weighted by atomic mass is 10.2. The van der Waals surface area contributed by atoms with Crippen molar-refractivity contribution < 1.29 is 14.3 Å². The third-order valence-corrected chi connectivity index (χ3v) is 2.10. The highest BCUT2D eigenvalue weighted by atomic mass is 16.6. The van der Waals surface area contributed by atoms with Gasteiger partial charge >= 0.3 is 12.0 Å². The summed E-state index contributed by atoms with van der Waals surface area (Å²) in [6, 6.07) is 7.18. The average molecular weight is 244 g/mol. The molecule has 0 aliphatic rings. The van der Waals surface area contributed by atoms with E-state index in [4.69, 9.17) is 9.47 Å². The molecule has 0 atom stereocenters. The van der Waals surface area contributed by atoms with E-state index >= 15 is 0 Å². The zero-order chi connectivity index (χ0) is 13.0. The van der Waals surface area contributed by atoms with E-state index in [2.05, 4.69) is 9.97 Å². The van der Waals surface area contributed by atoms with Gasteiger partial charge in [-0.05, 0) is 30.7 Å². The van der Waals surface area contributed by atoms with Gasteiger partial charge in [-0.1, -0.05) is 6.07 Å². The maximum Gasteiger partial charge on any atom is 0.321 e. The zero-order valence-electron chi connectivity index (χ0n) is 10.1. The number of rotatable bonds is 3. The highest BCUT2D eigenvalue weighted by Gasteiger charge is 2.10. The summed E-state index contributed by atoms with van der Waals surface area (Å²) in [5, 5.41) is 0. The van der Waals surface area contributed by atoms with Crippen LogP contribution >= 0.6 is 0 Å². The van der Waals surface area contributed by atoms with Gasteiger partial charge in [0.25, 0.3) is 0 Å². The lowest BCUT2D eigenvalue weighted by Crippen LogP contribution is -2.03. The Morgan fingerprint density at radius 1 is 1.17 bits per heavy atom. The van der Waals surface area contributed by atoms with Gasteiger partial charge in [0.2, 0.25) is 0 Å². The Kier molecular flexibility index (Phi) is 3.52. The monoisotopic (exact) mass is 244 g/mol. The standard InChI is InChI=1S/C13H12N2O3/c1-9-4-5-11(12(8-9)17-10(2)16)18-13-14-6-3-7-15-13/h3-8H,1-2H3. The number of aromatic nitrogens is 2. The lowest BCUT2D eigenvalue weighted by Gasteiger charge is -2.09. The number of benzene rings is 1. The van der Waals surface area contributed by atoms with Crippen molar-refractivity contribution in [1.82, 2.24) is 9.97 Å². The van der Waals surface area contributed by atoms with E-state index in [0.29, 0.717) is 11.5 Å². The maximum atomic E-state index is 11.0. The summed E-state index contributed by atoms with van der Waals surface area (Å²) in [5.74, 6) is 0.358. The van der Waals surface area contributed by atoms with Gasteiger partial charge in [0.05, 0.1) is 0 Å². The van der Waals surface area contributed by atoms with Crippen LogP contribution in [0.2, 0.25) is 0 Å². The molecule has 0 fully saturated rings. The molecule has 0 radical (unpaired) electrons. The fourth-order valence-electron chi connectivity index (χ4n) is 1.37. The lowest BCUT2D eigenvalue weighted by molar-refractivity contribution is -0.132. The molecule has 0 amide bonds. The maximum absolute atomic E-state index is 11.0. The second-order valence-electron chi connectivity index (χ2n) is 3.68. The molecule has 1 heterocycles. The Hall–Kier alpha value is -2.43. The van der Waals surface area contributed by atoms with Crippen LogP contribution in [0.4, 0.5) is 0 Å². The van der Waals surface area contributed by atoms with Gasteiger partial charge in [0, 0.05) is 19.3 Å². The van der Waals surface area contributed by atoms with Gasteiger partial charge < -0.3 is 9.47 Å². The Morgan fingerprint density at radius 3 is 2.56 bits per heavy atom. The number of hydrogen-bond acceptors (Lipinski definition) is 5. The molecule has 92 valence electrons. The summed E-state index contributed by atoms with van der Waals surface area (Å²) in [6.07, 6.45) is 3.14. The minimum Gasteiger partial charge on any atom is -0.423 e. The molecule has 0 unspecified atom stereocenters. The van der Waals surface area contributed by atoms with Crippen LogP contribution in [0.1, 0.15) is 12.5 Å². The molecular weight excluding hydrogens is 232 g/mol. The molecule has 2 rings (SSSR count). The average Bonchev–Trinajstić information content (AvgIpc) is 2.33. The molecule has 2 aromatic rings. The minimum atomic E-state index is -0.403. The fraction of sp³-hybridized carbons (Fsp3) is 0.154. The van der Waals surface area contributed by atoms with Crippen LogP contribution < -0.4 is 9.47 Å². The van der Waals surface area contributed by atoms with Crippen LogP contribution in [0.25, 0.3) is 0 Å². The van der Waals surface area contributed by atoms with Gasteiger partial charge in [-0.3, -0.25) is 4.79 Å². The van der Waals surface area contributed by atoms with Gasteiger partial charge in [-0.15, -0.1) is 0 Å². The van der Waals surface area contributed by atoms with E-state index < -0.39 is 5.97 Å². The van der Waals surface area contributed by atoms with Gasteiger partial charge in [-0.25, -0.2) is 9.97 Å². The SMILES string of the molecule is CC(=O)Oc1cc(C)ccc1Oc1ncccn1. The van der Waals surface area contributed by atoms with Crippen molar-refractivity contribution in [3.05, 3.63) is 42.2 Å². The van der Waals surface area contributed by atoms with E-state index in [-0.39, 0.29) is 6.01 Å². The topological polar surface area (TPSA) is 61.3 Å². The molecule has 0 saturated carbocycles. The summed E-state index contributed by atoms with van der Waals surface area (Å²) in [5.41, 5.74) is 0.965. The second kappa shape index (κ2) is 5.27. The highest BCUT2D eigenvalue weighted by Crippen LogP contribution is 2.31. The Morgan fingerprint density at radius 2 is 1.89 bits per heavy atom. The van der Waals surface area contributed by atoms with Crippen LogP contribution in [0.5, 0.6) is 17.5 Å². The van der Waals surface area contributed by atoms with Crippen LogP contribution in [-0.4, -0.2) is 15.9 Å². The van der Waals surface area contributed by atoms with Crippen molar-refractivity contribution in [3.8, 4) is 17.5 Å². The number of esters is 1. The molecule has 1 aromatic carbocycles. The molecule has 0 bridgehead atoms. The number of ether oxygens (including phenoxy) is 2. The first-order valence-electron chi connectivity index (χ1n) is 5.39. The summed E-state index contributed by atoms with van der Waals surface area (Å²) in [4.78, 5) is 18.9. The molecule has 5 nitrogen and oxygen atoms in total. The summed E-state index contributed by atoms with van der Waals surface area (Å²) in [6.45, 7) is 3.24. The second-order valence-corrected chi connectivity index (χ2v) is 3.68. The number of nitrogens with zero attached hydrogens (tertiary/aromatic N) is 2. The summed E-state index contributed by atoms with van der Waals surface area (Å²) in [7, 11) is 0. The normalized spacial score (nSPS) is 9.89. The van der Waals surface area contributed by atoms with Crippen molar-refractivity contribution in [3.63, 3.8) is 0 Å². The predicted octanol–water partition coefficient (Wildman–Crippen LogP) is 2.50. The zero-order valence-corrected chi connectivity index (χ0v) is 10.1. The highest BCUT2D eigenvalue weighted by molar-refractivity contribution is 5.70. The Labute approximate surface area is 104 Å². The number of carbonyl (C=O) groups excluding carboxylic acids is 1. The molecule has 0 N–H and O–H groups in total.